The third-order valence-corrected chi connectivity index (χ3v) is 11.2. The van der Waals surface area contributed by atoms with E-state index in [1.54, 1.807) is 0 Å². The molecule has 52 heavy (non-hydrogen) atoms. The highest BCUT2D eigenvalue weighted by atomic mass is 16.4. The molecule has 0 aliphatic carbocycles. The van der Waals surface area contributed by atoms with Crippen LogP contribution in [-0.4, -0.2) is 0 Å². The van der Waals surface area contributed by atoms with Crippen molar-refractivity contribution in [2.24, 2.45) is 0 Å². The molecule has 0 atom stereocenters. The molecule has 0 spiro atoms. The number of hydrogen-bond acceptors (Lipinski definition) is 2. The Bertz CT molecular complexity index is 3430. The average molecular weight is 661 g/mol. The van der Waals surface area contributed by atoms with Crippen molar-refractivity contribution in [2.75, 3.05) is 0 Å². The van der Waals surface area contributed by atoms with Gasteiger partial charge in [-0.15, -0.1) is 0 Å². The van der Waals surface area contributed by atoms with E-state index in [2.05, 4.69) is 170 Å². The third-order valence-electron chi connectivity index (χ3n) is 11.2. The van der Waals surface area contributed by atoms with Gasteiger partial charge in [-0.2, -0.15) is 0 Å². The summed E-state index contributed by atoms with van der Waals surface area (Å²) in [5.74, 6) is 0. The molecule has 12 rings (SSSR count). The van der Waals surface area contributed by atoms with E-state index in [0.29, 0.717) is 0 Å². The van der Waals surface area contributed by atoms with Gasteiger partial charge in [0.1, 0.15) is 11.2 Å². The summed E-state index contributed by atoms with van der Waals surface area (Å²) < 4.78 is 13.9. The second kappa shape index (κ2) is 10.3. The van der Waals surface area contributed by atoms with E-state index < -0.39 is 0 Å². The van der Waals surface area contributed by atoms with Gasteiger partial charge in [0, 0.05) is 32.7 Å². The van der Waals surface area contributed by atoms with Crippen molar-refractivity contribution in [3.63, 3.8) is 0 Å². The van der Waals surface area contributed by atoms with Gasteiger partial charge in [-0.1, -0.05) is 146 Å². The van der Waals surface area contributed by atoms with Gasteiger partial charge in [0.2, 0.25) is 0 Å². The SMILES string of the molecule is c1ccc2c(c1)cc(-c1cccc3c1oc1c3ccc3c4cccc(-c5ccc6c7ccccc7c7ccccc7c6c5)c4oc31)c1ccccc12. The maximum Gasteiger partial charge on any atom is 0.178 e. The molecule has 0 saturated heterocycles. The monoisotopic (exact) mass is 660 g/mol. The van der Waals surface area contributed by atoms with Gasteiger partial charge in [-0.3, -0.25) is 0 Å². The summed E-state index contributed by atoms with van der Waals surface area (Å²) in [5.41, 5.74) is 7.75. The topological polar surface area (TPSA) is 26.3 Å². The summed E-state index contributed by atoms with van der Waals surface area (Å²) in [7, 11) is 0. The van der Waals surface area contributed by atoms with Crippen LogP contribution in [-0.2, 0) is 0 Å². The van der Waals surface area contributed by atoms with E-state index in [1.807, 2.05) is 0 Å². The molecule has 12 aromatic rings. The third kappa shape index (κ3) is 3.73. The van der Waals surface area contributed by atoms with Crippen molar-refractivity contribution < 1.29 is 8.83 Å². The first-order chi connectivity index (χ1) is 25.8. The van der Waals surface area contributed by atoms with E-state index in [1.165, 1.54) is 59.4 Å². The summed E-state index contributed by atoms with van der Waals surface area (Å²) in [4.78, 5) is 0. The zero-order chi connectivity index (χ0) is 33.9. The number of fused-ring (bicyclic) bond motifs is 16. The molecule has 0 aliphatic heterocycles. The molecule has 0 bridgehead atoms. The van der Waals surface area contributed by atoms with E-state index in [4.69, 9.17) is 8.83 Å². The first-order valence-electron chi connectivity index (χ1n) is 17.8. The van der Waals surface area contributed by atoms with Crippen LogP contribution in [0.5, 0.6) is 0 Å². The Morgan fingerprint density at radius 2 is 0.654 bits per heavy atom. The Kier molecular flexibility index (Phi) is 5.53. The van der Waals surface area contributed by atoms with Crippen molar-refractivity contribution in [3.8, 4) is 22.3 Å². The minimum atomic E-state index is 0.780. The molecule has 0 unspecified atom stereocenters. The van der Waals surface area contributed by atoms with Gasteiger partial charge in [-0.05, 0) is 89.3 Å². The highest BCUT2D eigenvalue weighted by Gasteiger charge is 2.21. The van der Waals surface area contributed by atoms with Crippen LogP contribution >= 0.6 is 0 Å². The van der Waals surface area contributed by atoms with Gasteiger partial charge in [0.15, 0.2) is 11.2 Å². The highest BCUT2D eigenvalue weighted by Crippen LogP contribution is 2.45. The molecule has 2 aromatic heterocycles. The second-order valence-corrected chi connectivity index (χ2v) is 13.9. The molecule has 240 valence electrons. The fourth-order valence-corrected chi connectivity index (χ4v) is 8.90. The summed E-state index contributed by atoms with van der Waals surface area (Å²) in [6, 6.07) is 61.3. The lowest BCUT2D eigenvalue weighted by Gasteiger charge is -2.12. The second-order valence-electron chi connectivity index (χ2n) is 13.9. The summed E-state index contributed by atoms with van der Waals surface area (Å²) in [6.45, 7) is 0. The van der Waals surface area contributed by atoms with Crippen LogP contribution in [0.4, 0.5) is 0 Å². The molecule has 2 heteroatoms. The van der Waals surface area contributed by atoms with Gasteiger partial charge in [0.25, 0.3) is 0 Å². The van der Waals surface area contributed by atoms with Crippen LogP contribution < -0.4 is 0 Å². The molecule has 0 N–H and O–H groups in total. The lowest BCUT2D eigenvalue weighted by atomic mass is 9.92. The van der Waals surface area contributed by atoms with Crippen molar-refractivity contribution in [1.29, 1.82) is 0 Å². The Morgan fingerprint density at radius 1 is 0.231 bits per heavy atom. The first kappa shape index (κ1) is 27.9. The molecule has 0 saturated carbocycles. The average Bonchev–Trinajstić information content (AvgIpc) is 3.80. The molecule has 0 radical (unpaired) electrons. The van der Waals surface area contributed by atoms with Crippen molar-refractivity contribution in [3.05, 3.63) is 170 Å². The molecule has 2 nitrogen and oxygen atoms in total. The number of furan rings is 2. The van der Waals surface area contributed by atoms with Crippen molar-refractivity contribution in [1.82, 2.24) is 0 Å². The Morgan fingerprint density at radius 3 is 1.29 bits per heavy atom. The fourth-order valence-electron chi connectivity index (χ4n) is 8.90. The van der Waals surface area contributed by atoms with Gasteiger partial charge >= 0.3 is 0 Å². The maximum atomic E-state index is 6.94. The van der Waals surface area contributed by atoms with Gasteiger partial charge < -0.3 is 8.83 Å². The molecular weight excluding hydrogens is 633 g/mol. The molecular formula is C50H28O2. The number of hydrogen-bond donors (Lipinski definition) is 0. The van der Waals surface area contributed by atoms with Crippen LogP contribution in [0.25, 0.3) is 120 Å². The predicted molar refractivity (Wildman–Crippen MR) is 219 cm³/mol. The molecule has 10 aromatic carbocycles. The Hall–Kier alpha value is -6.90. The molecule has 2 heterocycles. The quantitative estimate of drug-likeness (QED) is 0.173. The first-order valence-corrected chi connectivity index (χ1v) is 17.8. The normalized spacial score (nSPS) is 12.2. The lowest BCUT2D eigenvalue weighted by molar-refractivity contribution is 0.634. The molecule has 0 fully saturated rings. The van der Waals surface area contributed by atoms with Crippen LogP contribution in [0.2, 0.25) is 0 Å². The summed E-state index contributed by atoms with van der Waals surface area (Å²) in [6.07, 6.45) is 0. The fraction of sp³-hybridized carbons (Fsp3) is 0. The minimum Gasteiger partial charge on any atom is -0.451 e. The smallest absolute Gasteiger partial charge is 0.178 e. The Balaban J connectivity index is 1.10. The van der Waals surface area contributed by atoms with E-state index in [-0.39, 0.29) is 0 Å². The Labute approximate surface area is 297 Å². The van der Waals surface area contributed by atoms with Crippen LogP contribution in [0.3, 0.4) is 0 Å². The number of benzene rings is 10. The highest BCUT2D eigenvalue weighted by molar-refractivity contribution is 6.27. The minimum absolute atomic E-state index is 0.780. The number of para-hydroxylation sites is 2. The van der Waals surface area contributed by atoms with E-state index in [0.717, 1.165) is 60.6 Å². The lowest BCUT2D eigenvalue weighted by Crippen LogP contribution is -1.85. The standard InChI is InChI=1S/C50H28O2/c1-2-12-31-29(11-1)27-46(37-17-7-3-13-33(31)37)42-22-10-21-41-44-26-25-43-40-20-9-19-32(47(40)51-49(43)50(44)52-48(41)42)30-23-24-39-36-16-5-4-14-34(36)35-15-6-8-18-38(35)45(39)28-30/h1-28H. The molecule has 0 aliphatic rings. The van der Waals surface area contributed by atoms with Crippen LogP contribution in [0.15, 0.2) is 179 Å². The summed E-state index contributed by atoms with van der Waals surface area (Å²) >= 11 is 0. The zero-order valence-electron chi connectivity index (χ0n) is 28.0. The zero-order valence-corrected chi connectivity index (χ0v) is 28.0. The van der Waals surface area contributed by atoms with Gasteiger partial charge in [0.05, 0.1) is 0 Å². The predicted octanol–water partition coefficient (Wildman–Crippen LogP) is 14.6. The maximum absolute atomic E-state index is 6.94. The number of rotatable bonds is 2. The van der Waals surface area contributed by atoms with E-state index >= 15 is 0 Å². The van der Waals surface area contributed by atoms with E-state index in [9.17, 15) is 0 Å². The molecule has 0 amide bonds. The van der Waals surface area contributed by atoms with Crippen molar-refractivity contribution in [2.45, 2.75) is 0 Å². The summed E-state index contributed by atoms with van der Waals surface area (Å²) in [5, 5.41) is 16.8. The largest absolute Gasteiger partial charge is 0.451 e. The van der Waals surface area contributed by atoms with Crippen LogP contribution in [0, 0.1) is 0 Å². The van der Waals surface area contributed by atoms with Gasteiger partial charge in [-0.25, -0.2) is 0 Å². The van der Waals surface area contributed by atoms with Crippen LogP contribution in [0.1, 0.15) is 0 Å². The van der Waals surface area contributed by atoms with Crippen molar-refractivity contribution >= 4 is 97.7 Å².